The molecular weight excluding hydrogens is 238 g/mol. The molecule has 0 atom stereocenters. The number of ether oxygens (including phenoxy) is 2. The summed E-state index contributed by atoms with van der Waals surface area (Å²) in [4.78, 5) is 0. The zero-order valence-electron chi connectivity index (χ0n) is 11.3. The predicted molar refractivity (Wildman–Crippen MR) is 78.2 cm³/mol. The number of rotatable bonds is 6. The Balaban J connectivity index is 1.88. The molecule has 0 fully saturated rings. The third kappa shape index (κ3) is 3.65. The van der Waals surface area contributed by atoms with Crippen molar-refractivity contribution < 1.29 is 9.47 Å². The highest BCUT2D eigenvalue weighted by Gasteiger charge is 2.01. The predicted octanol–water partition coefficient (Wildman–Crippen LogP) is 3.36. The van der Waals surface area contributed by atoms with Crippen LogP contribution in [0.3, 0.4) is 0 Å². The van der Waals surface area contributed by atoms with Gasteiger partial charge in [0, 0.05) is 12.2 Å². The molecule has 0 aromatic heterocycles. The Morgan fingerprint density at radius 1 is 0.895 bits per heavy atom. The van der Waals surface area contributed by atoms with Crippen LogP contribution in [-0.4, -0.2) is 20.8 Å². The van der Waals surface area contributed by atoms with Crippen molar-refractivity contribution >= 4 is 5.69 Å². The van der Waals surface area contributed by atoms with Crippen molar-refractivity contribution in [3.63, 3.8) is 0 Å². The first-order chi connectivity index (χ1) is 9.33. The molecule has 2 aromatic carbocycles. The van der Waals surface area contributed by atoms with Crippen LogP contribution in [-0.2, 0) is 6.42 Å². The topological polar surface area (TPSA) is 30.5 Å². The van der Waals surface area contributed by atoms with E-state index in [1.807, 2.05) is 42.5 Å². The Bertz CT molecular complexity index is 508. The fourth-order valence-corrected chi connectivity index (χ4v) is 1.96. The van der Waals surface area contributed by atoms with Crippen LogP contribution in [0, 0.1) is 0 Å². The van der Waals surface area contributed by atoms with Crippen LogP contribution in [0.2, 0.25) is 0 Å². The van der Waals surface area contributed by atoms with Gasteiger partial charge in [0.15, 0.2) is 0 Å². The molecule has 0 saturated heterocycles. The number of nitrogens with one attached hydrogen (secondary N) is 1. The summed E-state index contributed by atoms with van der Waals surface area (Å²) in [5.74, 6) is 1.81. The number of hydrogen-bond acceptors (Lipinski definition) is 3. The Labute approximate surface area is 114 Å². The van der Waals surface area contributed by atoms with Gasteiger partial charge in [0.05, 0.1) is 14.2 Å². The third-order valence-electron chi connectivity index (χ3n) is 3.01. The van der Waals surface area contributed by atoms with Gasteiger partial charge in [-0.25, -0.2) is 0 Å². The van der Waals surface area contributed by atoms with E-state index in [9.17, 15) is 0 Å². The third-order valence-corrected chi connectivity index (χ3v) is 3.01. The first kappa shape index (κ1) is 13.3. The van der Waals surface area contributed by atoms with Gasteiger partial charge in [-0.2, -0.15) is 0 Å². The maximum atomic E-state index is 5.33. The van der Waals surface area contributed by atoms with Gasteiger partial charge in [-0.1, -0.05) is 18.2 Å². The van der Waals surface area contributed by atoms with E-state index in [2.05, 4.69) is 11.4 Å². The highest BCUT2D eigenvalue weighted by Crippen LogP contribution is 2.18. The molecule has 3 heteroatoms. The van der Waals surface area contributed by atoms with Gasteiger partial charge in [-0.15, -0.1) is 0 Å². The van der Waals surface area contributed by atoms with E-state index in [-0.39, 0.29) is 0 Å². The molecular formula is C16H19NO2. The van der Waals surface area contributed by atoms with E-state index in [0.29, 0.717) is 0 Å². The van der Waals surface area contributed by atoms with E-state index in [1.165, 1.54) is 5.56 Å². The Kier molecular flexibility index (Phi) is 4.67. The quantitative estimate of drug-likeness (QED) is 0.860. The minimum atomic E-state index is 0.868. The second-order valence-corrected chi connectivity index (χ2v) is 4.22. The molecule has 0 radical (unpaired) electrons. The van der Waals surface area contributed by atoms with E-state index in [4.69, 9.17) is 9.47 Å². The van der Waals surface area contributed by atoms with Crippen LogP contribution in [0.4, 0.5) is 5.69 Å². The maximum Gasteiger partial charge on any atom is 0.122 e. The first-order valence-corrected chi connectivity index (χ1v) is 6.33. The monoisotopic (exact) mass is 257 g/mol. The Morgan fingerprint density at radius 2 is 1.63 bits per heavy atom. The second kappa shape index (κ2) is 6.69. The highest BCUT2D eigenvalue weighted by molar-refractivity contribution is 5.46. The molecule has 100 valence electrons. The van der Waals surface area contributed by atoms with Gasteiger partial charge in [-0.3, -0.25) is 0 Å². The number of benzene rings is 2. The Hall–Kier alpha value is -2.16. The average molecular weight is 257 g/mol. The van der Waals surface area contributed by atoms with Gasteiger partial charge >= 0.3 is 0 Å². The summed E-state index contributed by atoms with van der Waals surface area (Å²) in [6.45, 7) is 0.868. The van der Waals surface area contributed by atoms with E-state index >= 15 is 0 Å². The zero-order valence-corrected chi connectivity index (χ0v) is 11.3. The molecule has 0 aliphatic rings. The molecule has 0 unspecified atom stereocenters. The van der Waals surface area contributed by atoms with E-state index in [1.54, 1.807) is 14.2 Å². The van der Waals surface area contributed by atoms with Crippen LogP contribution in [0.25, 0.3) is 0 Å². The molecule has 0 spiro atoms. The second-order valence-electron chi connectivity index (χ2n) is 4.22. The van der Waals surface area contributed by atoms with E-state index in [0.717, 1.165) is 30.2 Å². The largest absolute Gasteiger partial charge is 0.497 e. The number of para-hydroxylation sites is 1. The fraction of sp³-hybridized carbons (Fsp3) is 0.250. The number of anilines is 1. The summed E-state index contributed by atoms with van der Waals surface area (Å²) >= 11 is 0. The minimum absolute atomic E-state index is 0.868. The molecule has 0 aliphatic carbocycles. The number of methoxy groups -OCH3 is 2. The first-order valence-electron chi connectivity index (χ1n) is 6.33. The van der Waals surface area contributed by atoms with Crippen molar-refractivity contribution in [1.82, 2.24) is 0 Å². The molecule has 2 rings (SSSR count). The van der Waals surface area contributed by atoms with Gasteiger partial charge in [-0.05, 0) is 42.3 Å². The van der Waals surface area contributed by atoms with Crippen LogP contribution in [0.5, 0.6) is 11.5 Å². The van der Waals surface area contributed by atoms with Crippen molar-refractivity contribution in [2.45, 2.75) is 6.42 Å². The lowest BCUT2D eigenvalue weighted by molar-refractivity contribution is 0.410. The molecule has 0 bridgehead atoms. The smallest absolute Gasteiger partial charge is 0.122 e. The lowest BCUT2D eigenvalue weighted by Crippen LogP contribution is -2.05. The molecule has 0 saturated carbocycles. The summed E-state index contributed by atoms with van der Waals surface area (Å²) in [5.41, 5.74) is 2.31. The van der Waals surface area contributed by atoms with Crippen LogP contribution < -0.4 is 14.8 Å². The van der Waals surface area contributed by atoms with Crippen molar-refractivity contribution in [2.75, 3.05) is 26.1 Å². The molecule has 0 amide bonds. The molecule has 3 nitrogen and oxygen atoms in total. The van der Waals surface area contributed by atoms with Gasteiger partial charge in [0.2, 0.25) is 0 Å². The maximum absolute atomic E-state index is 5.33. The van der Waals surface area contributed by atoms with Gasteiger partial charge < -0.3 is 14.8 Å². The van der Waals surface area contributed by atoms with Crippen LogP contribution >= 0.6 is 0 Å². The summed E-state index contributed by atoms with van der Waals surface area (Å²) in [6, 6.07) is 16.0. The lowest BCUT2D eigenvalue weighted by atomic mass is 10.1. The fourth-order valence-electron chi connectivity index (χ4n) is 1.96. The summed E-state index contributed by atoms with van der Waals surface area (Å²) in [7, 11) is 3.37. The van der Waals surface area contributed by atoms with Gasteiger partial charge in [0.25, 0.3) is 0 Å². The minimum Gasteiger partial charge on any atom is -0.497 e. The Morgan fingerprint density at radius 3 is 2.32 bits per heavy atom. The summed E-state index contributed by atoms with van der Waals surface area (Å²) in [6.07, 6.45) is 0.927. The average Bonchev–Trinajstić information content (AvgIpc) is 2.48. The van der Waals surface area contributed by atoms with Crippen molar-refractivity contribution in [1.29, 1.82) is 0 Å². The van der Waals surface area contributed by atoms with Crippen LogP contribution in [0.15, 0.2) is 48.5 Å². The molecule has 0 aliphatic heterocycles. The standard InChI is InChI=1S/C16H19NO2/c1-18-15-9-7-14(8-10-15)17-12-11-13-5-3-4-6-16(13)19-2/h3-10,17H,11-12H2,1-2H3. The van der Waals surface area contributed by atoms with E-state index < -0.39 is 0 Å². The van der Waals surface area contributed by atoms with Crippen molar-refractivity contribution in [3.05, 3.63) is 54.1 Å². The highest BCUT2D eigenvalue weighted by atomic mass is 16.5. The molecule has 19 heavy (non-hydrogen) atoms. The van der Waals surface area contributed by atoms with Crippen LogP contribution in [0.1, 0.15) is 5.56 Å². The SMILES string of the molecule is COc1ccc(NCCc2ccccc2OC)cc1. The molecule has 1 N–H and O–H groups in total. The normalized spacial score (nSPS) is 10.0. The summed E-state index contributed by atoms with van der Waals surface area (Å²) in [5, 5.41) is 3.38. The van der Waals surface area contributed by atoms with Gasteiger partial charge in [0.1, 0.15) is 11.5 Å². The van der Waals surface area contributed by atoms with Crippen molar-refractivity contribution in [2.24, 2.45) is 0 Å². The van der Waals surface area contributed by atoms with Crippen molar-refractivity contribution in [3.8, 4) is 11.5 Å². The lowest BCUT2D eigenvalue weighted by Gasteiger charge is -2.10. The molecule has 0 heterocycles. The number of hydrogen-bond donors (Lipinski definition) is 1. The summed E-state index contributed by atoms with van der Waals surface area (Å²) < 4.78 is 10.5. The molecule has 2 aromatic rings. The zero-order chi connectivity index (χ0) is 13.5.